The number of nitrogen functional groups attached to an aromatic ring is 1. The highest BCUT2D eigenvalue weighted by Gasteiger charge is 2.09. The molecule has 18 heavy (non-hydrogen) atoms. The molecule has 0 amide bonds. The SMILES string of the molecule is CC(C)CCn1c(-c2ccc(N)cc2)csc1=O. The Hall–Kier alpha value is -1.55. The van der Waals surface area contributed by atoms with Crippen LogP contribution in [0.4, 0.5) is 5.69 Å². The first kappa shape index (κ1) is 12.9. The molecular weight excluding hydrogens is 244 g/mol. The number of thiazole rings is 1. The Labute approximate surface area is 111 Å². The third-order valence-corrected chi connectivity index (χ3v) is 3.68. The standard InChI is InChI=1S/C14H18N2OS/c1-10(2)7-8-16-13(9-18-14(16)17)11-3-5-12(15)6-4-11/h3-6,9-10H,7-8,15H2,1-2H3. The Morgan fingerprint density at radius 1 is 1.28 bits per heavy atom. The van der Waals surface area contributed by atoms with Gasteiger partial charge in [0.2, 0.25) is 0 Å². The summed E-state index contributed by atoms with van der Waals surface area (Å²) in [6.45, 7) is 5.11. The van der Waals surface area contributed by atoms with Crippen LogP contribution >= 0.6 is 11.3 Å². The number of hydrogen-bond donors (Lipinski definition) is 1. The van der Waals surface area contributed by atoms with E-state index in [-0.39, 0.29) is 4.87 Å². The van der Waals surface area contributed by atoms with E-state index >= 15 is 0 Å². The molecule has 96 valence electrons. The van der Waals surface area contributed by atoms with E-state index in [1.54, 1.807) is 0 Å². The third kappa shape index (κ3) is 2.82. The predicted molar refractivity (Wildman–Crippen MR) is 77.9 cm³/mol. The number of hydrogen-bond acceptors (Lipinski definition) is 3. The average molecular weight is 262 g/mol. The smallest absolute Gasteiger partial charge is 0.307 e. The second kappa shape index (κ2) is 5.40. The molecule has 0 aliphatic carbocycles. The van der Waals surface area contributed by atoms with E-state index in [0.717, 1.165) is 29.9 Å². The minimum atomic E-state index is 0.113. The highest BCUT2D eigenvalue weighted by Crippen LogP contribution is 2.21. The number of aromatic nitrogens is 1. The minimum absolute atomic E-state index is 0.113. The molecule has 4 heteroatoms. The molecule has 0 radical (unpaired) electrons. The van der Waals surface area contributed by atoms with E-state index in [1.807, 2.05) is 34.2 Å². The number of anilines is 1. The molecule has 2 rings (SSSR count). The van der Waals surface area contributed by atoms with Crippen LogP contribution in [0.25, 0.3) is 11.3 Å². The van der Waals surface area contributed by atoms with Crippen molar-refractivity contribution in [2.45, 2.75) is 26.8 Å². The molecule has 0 saturated heterocycles. The molecule has 0 saturated carbocycles. The van der Waals surface area contributed by atoms with Crippen LogP contribution in [0.15, 0.2) is 34.4 Å². The van der Waals surface area contributed by atoms with Gasteiger partial charge in [0.1, 0.15) is 0 Å². The Morgan fingerprint density at radius 2 is 1.94 bits per heavy atom. The number of benzene rings is 1. The lowest BCUT2D eigenvalue weighted by molar-refractivity contribution is 0.515. The second-order valence-electron chi connectivity index (χ2n) is 4.84. The molecule has 3 nitrogen and oxygen atoms in total. The van der Waals surface area contributed by atoms with Crippen molar-refractivity contribution in [2.24, 2.45) is 5.92 Å². The van der Waals surface area contributed by atoms with Crippen molar-refractivity contribution >= 4 is 17.0 Å². The zero-order chi connectivity index (χ0) is 13.1. The van der Waals surface area contributed by atoms with Gasteiger partial charge in [0, 0.05) is 17.6 Å². The summed E-state index contributed by atoms with van der Waals surface area (Å²) in [6, 6.07) is 7.65. The van der Waals surface area contributed by atoms with Crippen molar-refractivity contribution in [3.8, 4) is 11.3 Å². The summed E-state index contributed by atoms with van der Waals surface area (Å²) in [5.74, 6) is 0.594. The first-order valence-electron chi connectivity index (χ1n) is 6.12. The lowest BCUT2D eigenvalue weighted by Gasteiger charge is -2.09. The molecule has 0 spiro atoms. The van der Waals surface area contributed by atoms with Crippen molar-refractivity contribution in [2.75, 3.05) is 5.73 Å². The van der Waals surface area contributed by atoms with Crippen LogP contribution in [0, 0.1) is 5.92 Å². The fourth-order valence-corrected chi connectivity index (χ4v) is 2.60. The van der Waals surface area contributed by atoms with Gasteiger partial charge in [0.15, 0.2) is 0 Å². The highest BCUT2D eigenvalue weighted by atomic mass is 32.1. The van der Waals surface area contributed by atoms with E-state index < -0.39 is 0 Å². The van der Waals surface area contributed by atoms with E-state index in [9.17, 15) is 4.79 Å². The summed E-state index contributed by atoms with van der Waals surface area (Å²) < 4.78 is 1.86. The van der Waals surface area contributed by atoms with Gasteiger partial charge in [0.05, 0.1) is 5.69 Å². The molecule has 0 bridgehead atoms. The van der Waals surface area contributed by atoms with Crippen LogP contribution in [-0.2, 0) is 6.54 Å². The Kier molecular flexibility index (Phi) is 3.87. The predicted octanol–water partition coefficient (Wildman–Crippen LogP) is 3.21. The first-order chi connectivity index (χ1) is 8.58. The normalized spacial score (nSPS) is 11.1. The maximum absolute atomic E-state index is 11.8. The van der Waals surface area contributed by atoms with Gasteiger partial charge in [-0.05, 0) is 30.0 Å². The quantitative estimate of drug-likeness (QED) is 0.860. The molecule has 2 aromatic rings. The molecule has 0 atom stereocenters. The van der Waals surface area contributed by atoms with Crippen molar-refractivity contribution in [3.05, 3.63) is 39.3 Å². The van der Waals surface area contributed by atoms with Gasteiger partial charge in [0.25, 0.3) is 0 Å². The van der Waals surface area contributed by atoms with Gasteiger partial charge in [-0.15, -0.1) is 0 Å². The summed E-state index contributed by atoms with van der Waals surface area (Å²) >= 11 is 1.26. The first-order valence-corrected chi connectivity index (χ1v) is 7.00. The number of nitrogens with two attached hydrogens (primary N) is 1. The van der Waals surface area contributed by atoms with Crippen molar-refractivity contribution < 1.29 is 0 Å². The van der Waals surface area contributed by atoms with Gasteiger partial charge in [-0.25, -0.2) is 0 Å². The molecule has 0 fully saturated rings. The van der Waals surface area contributed by atoms with Crippen molar-refractivity contribution in [1.82, 2.24) is 4.57 Å². The Bertz CT molecular complexity index is 566. The van der Waals surface area contributed by atoms with Gasteiger partial charge < -0.3 is 5.73 Å². The molecule has 1 aromatic heterocycles. The summed E-state index contributed by atoms with van der Waals surface area (Å²) in [5.41, 5.74) is 8.46. The van der Waals surface area contributed by atoms with Gasteiger partial charge in [-0.1, -0.05) is 37.3 Å². The lowest BCUT2D eigenvalue weighted by Crippen LogP contribution is -2.15. The van der Waals surface area contributed by atoms with Crippen LogP contribution in [-0.4, -0.2) is 4.57 Å². The molecular formula is C14H18N2OS. The van der Waals surface area contributed by atoms with Crippen LogP contribution in [0.5, 0.6) is 0 Å². The van der Waals surface area contributed by atoms with Crippen LogP contribution < -0.4 is 10.6 Å². The van der Waals surface area contributed by atoms with E-state index in [4.69, 9.17) is 5.73 Å². The van der Waals surface area contributed by atoms with Crippen molar-refractivity contribution in [3.63, 3.8) is 0 Å². The second-order valence-corrected chi connectivity index (χ2v) is 5.66. The Balaban J connectivity index is 2.33. The van der Waals surface area contributed by atoms with Gasteiger partial charge in [-0.3, -0.25) is 9.36 Å². The van der Waals surface area contributed by atoms with E-state index in [0.29, 0.717) is 5.92 Å². The maximum atomic E-state index is 11.8. The lowest BCUT2D eigenvalue weighted by atomic mass is 10.1. The third-order valence-electron chi connectivity index (χ3n) is 2.92. The van der Waals surface area contributed by atoms with Crippen molar-refractivity contribution in [1.29, 1.82) is 0 Å². The monoisotopic (exact) mass is 262 g/mol. The molecule has 0 aliphatic heterocycles. The molecule has 1 heterocycles. The minimum Gasteiger partial charge on any atom is -0.399 e. The van der Waals surface area contributed by atoms with E-state index in [2.05, 4.69) is 13.8 Å². The molecule has 0 unspecified atom stereocenters. The number of rotatable bonds is 4. The number of nitrogens with zero attached hydrogens (tertiary/aromatic N) is 1. The zero-order valence-electron chi connectivity index (χ0n) is 10.7. The highest BCUT2D eigenvalue weighted by molar-refractivity contribution is 7.07. The zero-order valence-corrected chi connectivity index (χ0v) is 11.5. The fourth-order valence-electron chi connectivity index (χ4n) is 1.81. The topological polar surface area (TPSA) is 48.0 Å². The summed E-state index contributed by atoms with van der Waals surface area (Å²) in [4.78, 5) is 12.0. The molecule has 0 aliphatic rings. The fraction of sp³-hybridized carbons (Fsp3) is 0.357. The summed E-state index contributed by atoms with van der Waals surface area (Å²) in [7, 11) is 0. The van der Waals surface area contributed by atoms with E-state index in [1.165, 1.54) is 11.3 Å². The summed E-state index contributed by atoms with van der Waals surface area (Å²) in [6.07, 6.45) is 1.01. The van der Waals surface area contributed by atoms with Gasteiger partial charge in [-0.2, -0.15) is 0 Å². The molecule has 2 N–H and O–H groups in total. The largest absolute Gasteiger partial charge is 0.399 e. The van der Waals surface area contributed by atoms with Crippen LogP contribution in [0.2, 0.25) is 0 Å². The summed E-state index contributed by atoms with van der Waals surface area (Å²) in [5, 5.41) is 1.92. The average Bonchev–Trinajstić information content (AvgIpc) is 2.69. The maximum Gasteiger partial charge on any atom is 0.307 e. The Morgan fingerprint density at radius 3 is 2.56 bits per heavy atom. The van der Waals surface area contributed by atoms with Crippen LogP contribution in [0.3, 0.4) is 0 Å². The van der Waals surface area contributed by atoms with Crippen LogP contribution in [0.1, 0.15) is 20.3 Å². The van der Waals surface area contributed by atoms with Gasteiger partial charge >= 0.3 is 4.87 Å². The molecule has 1 aromatic carbocycles.